The van der Waals surface area contributed by atoms with E-state index in [1.54, 1.807) is 0 Å². The summed E-state index contributed by atoms with van der Waals surface area (Å²) >= 11 is 0. The van der Waals surface area contributed by atoms with Gasteiger partial charge in [-0.15, -0.1) is 0 Å². The van der Waals surface area contributed by atoms with E-state index in [4.69, 9.17) is 9.72 Å². The number of nitrogens with one attached hydrogen (secondary N) is 1. The molecule has 5 nitrogen and oxygen atoms in total. The highest BCUT2D eigenvalue weighted by atomic mass is 16.5. The number of aliphatic hydroxyl groups is 1. The molecule has 2 aliphatic rings. The molecule has 1 aliphatic carbocycles. The van der Waals surface area contributed by atoms with Crippen LogP contribution in [-0.2, 0) is 11.2 Å². The van der Waals surface area contributed by atoms with Crippen molar-refractivity contribution in [2.45, 2.75) is 44.8 Å². The van der Waals surface area contributed by atoms with Gasteiger partial charge in [-0.3, -0.25) is 4.79 Å². The van der Waals surface area contributed by atoms with Crippen molar-refractivity contribution in [2.24, 2.45) is 0 Å². The van der Waals surface area contributed by atoms with E-state index < -0.39 is 17.1 Å². The lowest BCUT2D eigenvalue weighted by Crippen LogP contribution is -2.49. The number of ether oxygens (including phenoxy) is 1. The number of hydrogen-bond acceptors (Lipinski definition) is 4. The number of nitrogens with zero attached hydrogens (tertiary/aromatic N) is 1. The molecule has 0 unspecified atom stereocenters. The summed E-state index contributed by atoms with van der Waals surface area (Å²) in [5.41, 5.74) is 4.64. The van der Waals surface area contributed by atoms with Crippen molar-refractivity contribution in [3.05, 3.63) is 152 Å². The highest BCUT2D eigenvalue weighted by molar-refractivity contribution is 5.67. The molecule has 40 heavy (non-hydrogen) atoms. The number of rotatable bonds is 3. The maximum Gasteiger partial charge on any atom is 0.255 e. The van der Waals surface area contributed by atoms with E-state index in [1.807, 2.05) is 113 Å². The van der Waals surface area contributed by atoms with Gasteiger partial charge in [0.25, 0.3) is 5.56 Å². The van der Waals surface area contributed by atoms with Crippen LogP contribution in [0.15, 0.2) is 95.8 Å². The van der Waals surface area contributed by atoms with E-state index >= 15 is 0 Å². The SMILES string of the molecule is Cc1ccc(-c2nc3c(c(=O)[nH]2)[C@H](c2ccccc2)[C@@]2(c4ccc(C)cc4)Oc4cc(C)cc(C)c4[C@@]32O)cc1. The van der Waals surface area contributed by atoms with Gasteiger partial charge in [0.1, 0.15) is 11.6 Å². The molecule has 198 valence electrons. The molecule has 0 fully saturated rings. The number of hydrogen-bond donors (Lipinski definition) is 2. The topological polar surface area (TPSA) is 75.2 Å². The van der Waals surface area contributed by atoms with E-state index in [9.17, 15) is 9.90 Å². The Bertz CT molecular complexity index is 1840. The molecule has 0 spiro atoms. The third-order valence-corrected chi connectivity index (χ3v) is 8.55. The number of aromatic nitrogens is 2. The normalized spacial score (nSPS) is 22.4. The summed E-state index contributed by atoms with van der Waals surface area (Å²) in [4.78, 5) is 22.3. The van der Waals surface area contributed by atoms with Crippen molar-refractivity contribution in [1.29, 1.82) is 0 Å². The Hall–Kier alpha value is -4.48. The molecule has 0 saturated heterocycles. The van der Waals surface area contributed by atoms with Crippen molar-refractivity contribution in [3.8, 4) is 17.1 Å². The minimum absolute atomic E-state index is 0.279. The van der Waals surface area contributed by atoms with Gasteiger partial charge in [-0.05, 0) is 50.5 Å². The third-order valence-electron chi connectivity index (χ3n) is 8.55. The minimum Gasteiger partial charge on any atom is -0.477 e. The molecular weight excluding hydrogens is 496 g/mol. The summed E-state index contributed by atoms with van der Waals surface area (Å²) in [5, 5.41) is 13.3. The summed E-state index contributed by atoms with van der Waals surface area (Å²) in [6.45, 7) is 8.06. The quantitative estimate of drug-likeness (QED) is 0.288. The molecule has 1 aromatic heterocycles. The molecule has 2 N–H and O–H groups in total. The first kappa shape index (κ1) is 24.6. The fourth-order valence-corrected chi connectivity index (χ4v) is 6.83. The van der Waals surface area contributed by atoms with Gasteiger partial charge < -0.3 is 14.8 Å². The van der Waals surface area contributed by atoms with Crippen LogP contribution in [0.3, 0.4) is 0 Å². The molecule has 2 heterocycles. The molecule has 5 heteroatoms. The van der Waals surface area contributed by atoms with Crippen LogP contribution in [0.25, 0.3) is 11.4 Å². The molecule has 7 rings (SSSR count). The second kappa shape index (κ2) is 8.51. The average molecular weight is 527 g/mol. The first-order chi connectivity index (χ1) is 19.2. The highest BCUT2D eigenvalue weighted by Gasteiger charge is 2.73. The molecule has 5 aromatic rings. The average Bonchev–Trinajstić information content (AvgIpc) is 3.32. The Kier molecular flexibility index (Phi) is 5.22. The van der Waals surface area contributed by atoms with Crippen LogP contribution in [0, 0.1) is 27.7 Å². The second-order valence-electron chi connectivity index (χ2n) is 11.3. The third kappa shape index (κ3) is 3.18. The van der Waals surface area contributed by atoms with Gasteiger partial charge in [-0.25, -0.2) is 4.98 Å². The van der Waals surface area contributed by atoms with Crippen molar-refractivity contribution in [1.82, 2.24) is 9.97 Å². The van der Waals surface area contributed by atoms with E-state index in [2.05, 4.69) is 11.1 Å². The standard InChI is InChI=1S/C35H30N2O3/c1-20-10-14-25(15-11-20)32-36-31-28(33(38)37-32)30(24-8-6-5-7-9-24)35(26-16-12-21(2)13-17-26)34(31,39)29-23(4)18-22(3)19-27(29)40-35/h5-19,30,39H,1-4H3,(H,36,37,38)/t30-,34+,35+/m0/s1. The summed E-state index contributed by atoms with van der Waals surface area (Å²) in [6.07, 6.45) is 0. The zero-order valence-corrected chi connectivity index (χ0v) is 22.9. The minimum atomic E-state index is -1.72. The predicted octanol–water partition coefficient (Wildman–Crippen LogP) is 6.34. The van der Waals surface area contributed by atoms with Crippen LogP contribution >= 0.6 is 0 Å². The Morgan fingerprint density at radius 2 is 1.48 bits per heavy atom. The van der Waals surface area contributed by atoms with Crippen molar-refractivity contribution < 1.29 is 9.84 Å². The van der Waals surface area contributed by atoms with E-state index in [0.29, 0.717) is 28.4 Å². The molecule has 0 radical (unpaired) electrons. The Morgan fingerprint density at radius 1 is 0.825 bits per heavy atom. The van der Waals surface area contributed by atoms with Crippen LogP contribution in [0.5, 0.6) is 5.75 Å². The molecular formula is C35H30N2O3. The summed E-state index contributed by atoms with van der Waals surface area (Å²) in [5.74, 6) is 0.417. The van der Waals surface area contributed by atoms with Gasteiger partial charge in [0.2, 0.25) is 0 Å². The van der Waals surface area contributed by atoms with Crippen LogP contribution in [-0.4, -0.2) is 15.1 Å². The molecule has 3 atom stereocenters. The van der Waals surface area contributed by atoms with Crippen molar-refractivity contribution in [2.75, 3.05) is 0 Å². The predicted molar refractivity (Wildman–Crippen MR) is 156 cm³/mol. The van der Waals surface area contributed by atoms with Crippen LogP contribution in [0.2, 0.25) is 0 Å². The summed E-state index contributed by atoms with van der Waals surface area (Å²) < 4.78 is 7.03. The van der Waals surface area contributed by atoms with Gasteiger partial charge in [-0.1, -0.05) is 96.1 Å². The monoisotopic (exact) mass is 526 g/mol. The molecule has 0 amide bonds. The largest absolute Gasteiger partial charge is 0.477 e. The molecule has 0 bridgehead atoms. The number of H-pyrrole nitrogens is 1. The lowest BCUT2D eigenvalue weighted by atomic mass is 9.69. The number of benzene rings is 4. The number of aryl methyl sites for hydroxylation is 4. The lowest BCUT2D eigenvalue weighted by Gasteiger charge is -2.40. The van der Waals surface area contributed by atoms with Gasteiger partial charge in [0.05, 0.1) is 17.2 Å². The van der Waals surface area contributed by atoms with Gasteiger partial charge in [0.15, 0.2) is 11.2 Å². The highest BCUT2D eigenvalue weighted by Crippen LogP contribution is 2.68. The zero-order chi connectivity index (χ0) is 27.8. The maximum atomic E-state index is 14.1. The Labute approximate surface area is 233 Å². The van der Waals surface area contributed by atoms with Crippen LogP contribution in [0.1, 0.15) is 56.1 Å². The van der Waals surface area contributed by atoms with Crippen LogP contribution < -0.4 is 10.3 Å². The van der Waals surface area contributed by atoms with Gasteiger partial charge in [0, 0.05) is 16.7 Å². The fraction of sp³-hybridized carbons (Fsp3) is 0.200. The van der Waals surface area contributed by atoms with Crippen LogP contribution in [0.4, 0.5) is 0 Å². The Morgan fingerprint density at radius 3 is 2.15 bits per heavy atom. The smallest absolute Gasteiger partial charge is 0.255 e. The molecule has 1 aliphatic heterocycles. The summed E-state index contributed by atoms with van der Waals surface area (Å²) in [7, 11) is 0. The van der Waals surface area contributed by atoms with E-state index in [-0.39, 0.29) is 5.56 Å². The van der Waals surface area contributed by atoms with E-state index in [1.165, 1.54) is 0 Å². The van der Waals surface area contributed by atoms with Gasteiger partial charge in [-0.2, -0.15) is 0 Å². The zero-order valence-electron chi connectivity index (χ0n) is 22.9. The maximum absolute atomic E-state index is 14.1. The van der Waals surface area contributed by atoms with Gasteiger partial charge >= 0.3 is 0 Å². The number of fused-ring (bicyclic) bond motifs is 5. The first-order valence-corrected chi connectivity index (χ1v) is 13.6. The van der Waals surface area contributed by atoms with Crippen molar-refractivity contribution >= 4 is 0 Å². The fourth-order valence-electron chi connectivity index (χ4n) is 6.83. The summed E-state index contributed by atoms with van der Waals surface area (Å²) in [6, 6.07) is 29.8. The first-order valence-electron chi connectivity index (χ1n) is 13.6. The number of aromatic amines is 1. The lowest BCUT2D eigenvalue weighted by molar-refractivity contribution is -0.0905. The van der Waals surface area contributed by atoms with Crippen molar-refractivity contribution in [3.63, 3.8) is 0 Å². The molecule has 0 saturated carbocycles. The second-order valence-corrected chi connectivity index (χ2v) is 11.3. The molecule has 4 aromatic carbocycles. The Balaban J connectivity index is 1.63. The van der Waals surface area contributed by atoms with E-state index in [0.717, 1.165) is 38.9 Å².